The van der Waals surface area contributed by atoms with Crippen LogP contribution in [0.25, 0.3) is 0 Å². The van der Waals surface area contributed by atoms with Gasteiger partial charge in [-0.05, 0) is 31.7 Å². The average Bonchev–Trinajstić information content (AvgIpc) is 2.28. The first kappa shape index (κ1) is 12.7. The van der Waals surface area contributed by atoms with Crippen LogP contribution in [0.4, 0.5) is 13.2 Å². The second kappa shape index (κ2) is 4.84. The molecule has 0 amide bonds. The van der Waals surface area contributed by atoms with Gasteiger partial charge in [-0.1, -0.05) is 12.8 Å². The van der Waals surface area contributed by atoms with Crippen LogP contribution in [0.3, 0.4) is 0 Å². The van der Waals surface area contributed by atoms with Crippen molar-refractivity contribution in [2.75, 3.05) is 6.54 Å². The largest absolute Gasteiger partial charge is 0.490 e. The second-order valence-corrected chi connectivity index (χ2v) is 4.77. The molecule has 17 heavy (non-hydrogen) atoms. The summed E-state index contributed by atoms with van der Waals surface area (Å²) in [5.74, 6) is -1.64. The summed E-state index contributed by atoms with van der Waals surface area (Å²) >= 11 is 0. The van der Waals surface area contributed by atoms with Crippen molar-refractivity contribution in [3.05, 3.63) is 0 Å². The Hall–Kier alpha value is -0.780. The number of alkyl halides is 3. The number of piperidine rings is 1. The van der Waals surface area contributed by atoms with Gasteiger partial charge in [0.2, 0.25) is 0 Å². The number of fused-ring (bicyclic) bond motifs is 1. The van der Waals surface area contributed by atoms with Crippen LogP contribution in [0.5, 0.6) is 0 Å². The molecule has 2 fully saturated rings. The maximum absolute atomic E-state index is 12.1. The van der Waals surface area contributed by atoms with Crippen molar-refractivity contribution in [2.45, 2.75) is 44.5 Å². The van der Waals surface area contributed by atoms with Crippen molar-refractivity contribution in [3.63, 3.8) is 0 Å². The maximum Gasteiger partial charge on any atom is 0.490 e. The predicted molar refractivity (Wildman–Crippen MR) is 54.0 cm³/mol. The molecule has 0 aromatic rings. The Morgan fingerprint density at radius 1 is 1.18 bits per heavy atom. The van der Waals surface area contributed by atoms with Gasteiger partial charge in [-0.3, -0.25) is 5.32 Å². The number of hydrogen-bond donors (Lipinski definition) is 1. The molecular weight excluding hydrogens is 235 g/mol. The number of halogens is 3. The molecule has 1 saturated heterocycles. The van der Waals surface area contributed by atoms with Gasteiger partial charge in [-0.2, -0.15) is 13.2 Å². The molecule has 3 unspecified atom stereocenters. The van der Waals surface area contributed by atoms with Gasteiger partial charge < -0.3 is 4.74 Å². The zero-order chi connectivity index (χ0) is 12.5. The molecule has 3 nitrogen and oxygen atoms in total. The van der Waals surface area contributed by atoms with E-state index < -0.39 is 18.4 Å². The van der Waals surface area contributed by atoms with Gasteiger partial charge in [0.1, 0.15) is 0 Å². The molecule has 2 aliphatic rings. The zero-order valence-electron chi connectivity index (χ0n) is 9.43. The van der Waals surface area contributed by atoms with Crippen molar-refractivity contribution >= 4 is 5.97 Å². The first-order chi connectivity index (χ1) is 7.98. The summed E-state index contributed by atoms with van der Waals surface area (Å²) in [6.07, 6.45) is -0.694. The van der Waals surface area contributed by atoms with Crippen molar-refractivity contribution < 1.29 is 22.7 Å². The fourth-order valence-electron chi connectivity index (χ4n) is 2.87. The molecule has 6 heteroatoms. The number of ether oxygens (including phenoxy) is 1. The third-order valence-electron chi connectivity index (χ3n) is 3.68. The summed E-state index contributed by atoms with van der Waals surface area (Å²) in [4.78, 5) is 10.8. The molecule has 0 bridgehead atoms. The summed E-state index contributed by atoms with van der Waals surface area (Å²) in [7, 11) is 0. The molecule has 0 aromatic heterocycles. The lowest BCUT2D eigenvalue weighted by Crippen LogP contribution is -2.50. The van der Waals surface area contributed by atoms with Gasteiger partial charge in [-0.15, -0.1) is 0 Å². The van der Waals surface area contributed by atoms with Gasteiger partial charge in [0.05, 0.1) is 0 Å². The van der Waals surface area contributed by atoms with Crippen LogP contribution in [0.15, 0.2) is 0 Å². The van der Waals surface area contributed by atoms with Crippen LogP contribution >= 0.6 is 0 Å². The van der Waals surface area contributed by atoms with Crippen LogP contribution in [-0.2, 0) is 9.53 Å². The Balaban J connectivity index is 1.97. The van der Waals surface area contributed by atoms with Crippen LogP contribution in [0.2, 0.25) is 0 Å². The highest BCUT2D eigenvalue weighted by Gasteiger charge is 2.45. The molecule has 1 aliphatic carbocycles. The molecule has 3 atom stereocenters. The Morgan fingerprint density at radius 3 is 2.59 bits per heavy atom. The molecule has 1 aliphatic heterocycles. The molecule has 0 spiro atoms. The molecular formula is C11H16F3NO2. The third kappa shape index (κ3) is 2.91. The number of nitrogens with one attached hydrogen (secondary N) is 1. The highest BCUT2D eigenvalue weighted by molar-refractivity contribution is 5.75. The Morgan fingerprint density at radius 2 is 1.88 bits per heavy atom. The van der Waals surface area contributed by atoms with Crippen LogP contribution < -0.4 is 5.32 Å². The van der Waals surface area contributed by atoms with Gasteiger partial charge in [0, 0.05) is 5.92 Å². The fraction of sp³-hybridized carbons (Fsp3) is 0.909. The summed E-state index contributed by atoms with van der Waals surface area (Å²) in [5, 5.41) is 2.88. The van der Waals surface area contributed by atoms with Gasteiger partial charge in [0.25, 0.3) is 0 Å². The van der Waals surface area contributed by atoms with E-state index in [2.05, 4.69) is 10.1 Å². The van der Waals surface area contributed by atoms with Crippen molar-refractivity contribution in [1.29, 1.82) is 0 Å². The van der Waals surface area contributed by atoms with E-state index >= 15 is 0 Å². The summed E-state index contributed by atoms with van der Waals surface area (Å²) < 4.78 is 40.9. The first-order valence-electron chi connectivity index (χ1n) is 5.99. The van der Waals surface area contributed by atoms with E-state index in [-0.39, 0.29) is 5.92 Å². The van der Waals surface area contributed by atoms with Crippen molar-refractivity contribution in [1.82, 2.24) is 5.32 Å². The van der Waals surface area contributed by atoms with E-state index in [9.17, 15) is 18.0 Å². The minimum atomic E-state index is -4.90. The van der Waals surface area contributed by atoms with E-state index in [0.29, 0.717) is 12.5 Å². The molecule has 0 aromatic carbocycles. The molecule has 1 N–H and O–H groups in total. The van der Waals surface area contributed by atoms with Crippen molar-refractivity contribution in [3.8, 4) is 0 Å². The lowest BCUT2D eigenvalue weighted by atomic mass is 9.74. The van der Waals surface area contributed by atoms with Crippen molar-refractivity contribution in [2.24, 2.45) is 11.8 Å². The smallest absolute Gasteiger partial charge is 0.440 e. The summed E-state index contributed by atoms with van der Waals surface area (Å²) in [5.41, 5.74) is 0. The average molecular weight is 251 g/mol. The van der Waals surface area contributed by atoms with E-state index in [4.69, 9.17) is 0 Å². The zero-order valence-corrected chi connectivity index (χ0v) is 9.43. The first-order valence-corrected chi connectivity index (χ1v) is 5.99. The number of hydrogen-bond acceptors (Lipinski definition) is 3. The van der Waals surface area contributed by atoms with E-state index in [1.165, 1.54) is 0 Å². The number of rotatable bonds is 1. The minimum absolute atomic E-state index is 0.0452. The number of esters is 1. The lowest BCUT2D eigenvalue weighted by Gasteiger charge is -2.41. The van der Waals surface area contributed by atoms with Gasteiger partial charge >= 0.3 is 12.1 Å². The molecule has 1 heterocycles. The molecule has 1 saturated carbocycles. The summed E-state index contributed by atoms with van der Waals surface area (Å²) in [6, 6.07) is 0. The van der Waals surface area contributed by atoms with Gasteiger partial charge in [0.15, 0.2) is 6.23 Å². The normalized spacial score (nSPS) is 33.9. The van der Waals surface area contributed by atoms with Crippen LogP contribution in [0.1, 0.15) is 32.1 Å². The van der Waals surface area contributed by atoms with E-state index in [1.807, 2.05) is 0 Å². The number of carbonyl (C=O) groups is 1. The topological polar surface area (TPSA) is 38.3 Å². The Bertz CT molecular complexity index is 291. The standard InChI is InChI=1S/C11H16F3NO2/c12-11(13,14)10(16)17-9-8-4-2-1-3-7(8)5-6-15-9/h7-9,15H,1-6H2. The molecule has 2 rings (SSSR count). The highest BCUT2D eigenvalue weighted by atomic mass is 19.4. The Labute approximate surface area is 97.7 Å². The number of carbonyl (C=O) groups excluding carboxylic acids is 1. The quantitative estimate of drug-likeness (QED) is 0.726. The fourth-order valence-corrected chi connectivity index (χ4v) is 2.87. The van der Waals surface area contributed by atoms with E-state index in [0.717, 1.165) is 32.1 Å². The second-order valence-electron chi connectivity index (χ2n) is 4.77. The van der Waals surface area contributed by atoms with Crippen LogP contribution in [-0.4, -0.2) is 24.9 Å². The minimum Gasteiger partial charge on any atom is -0.440 e. The maximum atomic E-state index is 12.1. The molecule has 0 radical (unpaired) electrons. The SMILES string of the molecule is O=C(OC1NCCC2CCCCC21)C(F)(F)F. The van der Waals surface area contributed by atoms with Crippen LogP contribution in [0, 0.1) is 11.8 Å². The summed E-state index contributed by atoms with van der Waals surface area (Å²) in [6.45, 7) is 0.622. The lowest BCUT2D eigenvalue weighted by molar-refractivity contribution is -0.212. The Kier molecular flexibility index (Phi) is 3.61. The molecule has 98 valence electrons. The van der Waals surface area contributed by atoms with Gasteiger partial charge in [-0.25, -0.2) is 4.79 Å². The third-order valence-corrected chi connectivity index (χ3v) is 3.68. The van der Waals surface area contributed by atoms with E-state index in [1.54, 1.807) is 0 Å². The monoisotopic (exact) mass is 251 g/mol. The highest BCUT2D eigenvalue weighted by Crippen LogP contribution is 2.37. The predicted octanol–water partition coefficient (Wildman–Crippen LogP) is 2.22.